The van der Waals surface area contributed by atoms with Crippen molar-refractivity contribution in [3.05, 3.63) is 29.8 Å². The third kappa shape index (κ3) is 3.97. The highest BCUT2D eigenvalue weighted by molar-refractivity contribution is 7.85. The van der Waals surface area contributed by atoms with Crippen molar-refractivity contribution in [2.45, 2.75) is 18.2 Å². The van der Waals surface area contributed by atoms with Gasteiger partial charge in [-0.05, 0) is 11.6 Å². The molecule has 1 N–H and O–H groups in total. The van der Waals surface area contributed by atoms with Gasteiger partial charge in [0.05, 0.1) is 11.3 Å². The van der Waals surface area contributed by atoms with Gasteiger partial charge in [0, 0.05) is 6.92 Å². The van der Waals surface area contributed by atoms with E-state index in [1.165, 1.54) is 18.2 Å². The van der Waals surface area contributed by atoms with Crippen LogP contribution in [0.15, 0.2) is 29.2 Å². The summed E-state index contributed by atoms with van der Waals surface area (Å²) in [5.41, 5.74) is 0.0706. The van der Waals surface area contributed by atoms with Crippen LogP contribution < -0.4 is 0 Å². The minimum Gasteiger partial charge on any atom is -0.393 e. The molecule has 0 saturated carbocycles. The predicted octanol–water partition coefficient (Wildman–Crippen LogP) is 0.566. The highest BCUT2D eigenvalue weighted by atomic mass is 32.2. The highest BCUT2D eigenvalue weighted by Gasteiger charge is 2.17. The molecule has 1 rings (SSSR count). The fraction of sp³-hybridized carbons (Fsp3) is 0.200. The third-order valence-corrected chi connectivity index (χ3v) is 2.80. The lowest BCUT2D eigenvalue weighted by Crippen LogP contribution is -2.13. The molecule has 0 aliphatic carbocycles. The highest BCUT2D eigenvalue weighted by Crippen LogP contribution is 2.15. The van der Waals surface area contributed by atoms with Crippen molar-refractivity contribution < 1.29 is 27.3 Å². The van der Waals surface area contributed by atoms with Crippen LogP contribution in [-0.4, -0.2) is 24.9 Å². The zero-order chi connectivity index (χ0) is 13.1. The van der Waals surface area contributed by atoms with Crippen LogP contribution in [0.2, 0.25) is 0 Å². The van der Waals surface area contributed by atoms with Gasteiger partial charge in [-0.15, -0.1) is 0 Å². The minimum absolute atomic E-state index is 0.0706. The fourth-order valence-electron chi connectivity index (χ4n) is 1.25. The molecule has 0 bridgehead atoms. The molecule has 0 fully saturated rings. The van der Waals surface area contributed by atoms with Crippen LogP contribution in [0.25, 0.3) is 0 Å². The van der Waals surface area contributed by atoms with E-state index >= 15 is 0 Å². The van der Waals surface area contributed by atoms with E-state index in [2.05, 4.69) is 4.74 Å². The van der Waals surface area contributed by atoms with E-state index in [9.17, 15) is 18.0 Å². The van der Waals surface area contributed by atoms with Crippen LogP contribution in [0.5, 0.6) is 0 Å². The molecular weight excluding hydrogens is 248 g/mol. The number of hydrogen-bond donors (Lipinski definition) is 1. The summed E-state index contributed by atoms with van der Waals surface area (Å²) in [6.45, 7) is 1.06. The monoisotopic (exact) mass is 258 g/mol. The Hall–Kier alpha value is -1.73. The Labute approximate surface area is 98.0 Å². The van der Waals surface area contributed by atoms with Crippen LogP contribution in [0, 0.1) is 0 Å². The maximum absolute atomic E-state index is 11.2. The van der Waals surface area contributed by atoms with Crippen LogP contribution in [-0.2, 0) is 30.9 Å². The summed E-state index contributed by atoms with van der Waals surface area (Å²) >= 11 is 0. The first-order valence-electron chi connectivity index (χ1n) is 4.57. The zero-order valence-electron chi connectivity index (χ0n) is 8.91. The molecule has 0 radical (unpaired) electrons. The van der Waals surface area contributed by atoms with Crippen LogP contribution >= 0.6 is 0 Å². The van der Waals surface area contributed by atoms with Gasteiger partial charge in [0.2, 0.25) is 0 Å². The molecule has 0 aliphatic heterocycles. The molecule has 0 atom stereocenters. The average molecular weight is 258 g/mol. The molecule has 92 valence electrons. The Balaban J connectivity index is 3.00. The van der Waals surface area contributed by atoms with Crippen molar-refractivity contribution in [1.82, 2.24) is 0 Å². The molecule has 0 amide bonds. The molecule has 1 aromatic carbocycles. The number of hydrogen-bond acceptors (Lipinski definition) is 5. The van der Waals surface area contributed by atoms with Crippen LogP contribution in [0.4, 0.5) is 0 Å². The van der Waals surface area contributed by atoms with Gasteiger partial charge in [0.15, 0.2) is 0 Å². The largest absolute Gasteiger partial charge is 0.393 e. The summed E-state index contributed by atoms with van der Waals surface area (Å²) in [6, 6.07) is 5.42. The Bertz CT molecular complexity index is 546. The molecule has 0 heterocycles. The number of esters is 2. The van der Waals surface area contributed by atoms with Gasteiger partial charge < -0.3 is 4.74 Å². The molecule has 6 nitrogen and oxygen atoms in total. The van der Waals surface area contributed by atoms with Gasteiger partial charge in [0.25, 0.3) is 10.1 Å². The van der Waals surface area contributed by atoms with Gasteiger partial charge in [-0.2, -0.15) is 8.42 Å². The molecule has 0 aliphatic rings. The molecule has 17 heavy (non-hydrogen) atoms. The first-order valence-corrected chi connectivity index (χ1v) is 6.01. The lowest BCUT2D eigenvalue weighted by molar-refractivity contribution is -0.157. The summed E-state index contributed by atoms with van der Waals surface area (Å²) in [5, 5.41) is 0. The average Bonchev–Trinajstić information content (AvgIpc) is 2.15. The minimum atomic E-state index is -4.40. The van der Waals surface area contributed by atoms with E-state index in [1.54, 1.807) is 0 Å². The summed E-state index contributed by atoms with van der Waals surface area (Å²) in [5.74, 6) is -1.66. The van der Waals surface area contributed by atoms with Crippen molar-refractivity contribution in [3.8, 4) is 0 Å². The second kappa shape index (κ2) is 5.07. The molecule has 7 heteroatoms. The van der Waals surface area contributed by atoms with Crippen molar-refractivity contribution in [3.63, 3.8) is 0 Å². The zero-order valence-corrected chi connectivity index (χ0v) is 9.73. The van der Waals surface area contributed by atoms with Crippen molar-refractivity contribution >= 4 is 22.1 Å². The Kier molecular flexibility index (Phi) is 3.97. The van der Waals surface area contributed by atoms with E-state index in [0.717, 1.165) is 13.0 Å². The topological polar surface area (TPSA) is 97.7 Å². The Morgan fingerprint density at radius 3 is 2.41 bits per heavy atom. The van der Waals surface area contributed by atoms with E-state index in [-0.39, 0.29) is 10.5 Å². The predicted molar refractivity (Wildman–Crippen MR) is 56.7 cm³/mol. The smallest absolute Gasteiger partial charge is 0.317 e. The first-order chi connectivity index (χ1) is 7.80. The lowest BCUT2D eigenvalue weighted by atomic mass is 10.1. The molecule has 1 aromatic rings. The molecular formula is C10H10O6S. The second-order valence-corrected chi connectivity index (χ2v) is 4.62. The number of carbonyl (C=O) groups is 2. The number of benzene rings is 1. The summed E-state index contributed by atoms with van der Waals surface area (Å²) in [4.78, 5) is 21.3. The molecule has 0 aromatic heterocycles. The van der Waals surface area contributed by atoms with Gasteiger partial charge >= 0.3 is 11.9 Å². The molecule has 0 saturated heterocycles. The number of rotatable bonds is 3. The van der Waals surface area contributed by atoms with Gasteiger partial charge in [-0.3, -0.25) is 14.1 Å². The summed E-state index contributed by atoms with van der Waals surface area (Å²) < 4.78 is 35.2. The van der Waals surface area contributed by atoms with E-state index in [0.29, 0.717) is 0 Å². The quantitative estimate of drug-likeness (QED) is 0.483. The first kappa shape index (κ1) is 13.3. The number of carbonyl (C=O) groups excluding carboxylic acids is 2. The van der Waals surface area contributed by atoms with E-state index in [4.69, 9.17) is 4.55 Å². The SMILES string of the molecule is CC(=O)OC(=O)Cc1ccccc1S(=O)(=O)O. The van der Waals surface area contributed by atoms with Crippen LogP contribution in [0.1, 0.15) is 12.5 Å². The van der Waals surface area contributed by atoms with Crippen molar-refractivity contribution in [2.24, 2.45) is 0 Å². The summed E-state index contributed by atoms with van der Waals surface area (Å²) in [6.07, 6.45) is -0.407. The summed E-state index contributed by atoms with van der Waals surface area (Å²) in [7, 11) is -4.40. The Morgan fingerprint density at radius 1 is 1.29 bits per heavy atom. The van der Waals surface area contributed by atoms with E-state index in [1.807, 2.05) is 0 Å². The normalized spacial score (nSPS) is 10.9. The van der Waals surface area contributed by atoms with Gasteiger partial charge in [-0.25, -0.2) is 0 Å². The van der Waals surface area contributed by atoms with Crippen molar-refractivity contribution in [2.75, 3.05) is 0 Å². The van der Waals surface area contributed by atoms with Gasteiger partial charge in [-0.1, -0.05) is 18.2 Å². The maximum atomic E-state index is 11.2. The Morgan fingerprint density at radius 2 is 1.88 bits per heavy atom. The van der Waals surface area contributed by atoms with E-state index < -0.39 is 28.5 Å². The second-order valence-electron chi connectivity index (χ2n) is 3.23. The maximum Gasteiger partial charge on any atom is 0.317 e. The number of ether oxygens (including phenoxy) is 1. The third-order valence-electron chi connectivity index (χ3n) is 1.84. The van der Waals surface area contributed by atoms with Crippen molar-refractivity contribution in [1.29, 1.82) is 0 Å². The lowest BCUT2D eigenvalue weighted by Gasteiger charge is -2.05. The standard InChI is InChI=1S/C10H10O6S/c1-7(11)16-10(12)6-8-4-2-3-5-9(8)17(13,14)15/h2-5H,6H2,1H3,(H,13,14,15). The molecule has 0 spiro atoms. The fourth-order valence-corrected chi connectivity index (χ4v) is 1.98. The van der Waals surface area contributed by atoms with Crippen LogP contribution in [0.3, 0.4) is 0 Å². The molecule has 0 unspecified atom stereocenters. The van der Waals surface area contributed by atoms with Gasteiger partial charge in [0.1, 0.15) is 0 Å².